The summed E-state index contributed by atoms with van der Waals surface area (Å²) in [7, 11) is 0. The van der Waals surface area contributed by atoms with Crippen LogP contribution in [0, 0.1) is 5.92 Å². The van der Waals surface area contributed by atoms with E-state index in [0.29, 0.717) is 12.5 Å². The lowest BCUT2D eigenvalue weighted by molar-refractivity contribution is 0.151. The van der Waals surface area contributed by atoms with Crippen molar-refractivity contribution in [2.45, 2.75) is 37.6 Å². The monoisotopic (exact) mass is 199 g/mol. The predicted octanol–water partition coefficient (Wildman–Crippen LogP) is 0.918. The molecule has 1 aliphatic heterocycles. The molecule has 0 aromatic rings. The Morgan fingerprint density at radius 3 is 2.71 bits per heavy atom. The molecule has 2 aliphatic rings. The fraction of sp³-hybridized carbons (Fsp3) is 1.00. The van der Waals surface area contributed by atoms with Gasteiger partial charge in [-0.1, -0.05) is 12.8 Å². The Morgan fingerprint density at radius 1 is 1.36 bits per heavy atom. The smallest absolute Gasteiger partial charge is 0.0613 e. The first kappa shape index (κ1) is 10.4. The number of ether oxygens (including phenoxy) is 1. The first-order valence-corrected chi connectivity index (χ1v) is 5.78. The zero-order chi connectivity index (χ0) is 9.86. The second-order valence-electron chi connectivity index (χ2n) is 4.76. The quantitative estimate of drug-likeness (QED) is 0.707. The number of hydrogen-bond acceptors (Lipinski definition) is 3. The SMILES string of the molecule is OCC1(NCC2CCOC2)CCCC1. The minimum Gasteiger partial charge on any atom is -0.394 e. The molecule has 0 amide bonds. The minimum atomic E-state index is 0.0442. The third-order valence-corrected chi connectivity index (χ3v) is 3.65. The van der Waals surface area contributed by atoms with Gasteiger partial charge in [0, 0.05) is 18.7 Å². The van der Waals surface area contributed by atoms with E-state index in [1.807, 2.05) is 0 Å². The van der Waals surface area contributed by atoms with Crippen molar-refractivity contribution < 1.29 is 9.84 Å². The van der Waals surface area contributed by atoms with Gasteiger partial charge in [0.25, 0.3) is 0 Å². The van der Waals surface area contributed by atoms with E-state index in [1.54, 1.807) is 0 Å². The van der Waals surface area contributed by atoms with E-state index in [-0.39, 0.29) is 5.54 Å². The molecule has 14 heavy (non-hydrogen) atoms. The largest absolute Gasteiger partial charge is 0.394 e. The topological polar surface area (TPSA) is 41.5 Å². The maximum absolute atomic E-state index is 9.40. The Hall–Kier alpha value is -0.120. The van der Waals surface area contributed by atoms with Crippen LogP contribution in [-0.4, -0.2) is 37.0 Å². The molecule has 1 saturated heterocycles. The van der Waals surface area contributed by atoms with Crippen molar-refractivity contribution in [1.29, 1.82) is 0 Å². The van der Waals surface area contributed by atoms with Crippen molar-refractivity contribution in [2.75, 3.05) is 26.4 Å². The number of rotatable bonds is 4. The molecular weight excluding hydrogens is 178 g/mol. The van der Waals surface area contributed by atoms with Gasteiger partial charge in [-0.3, -0.25) is 0 Å². The van der Waals surface area contributed by atoms with Crippen LogP contribution in [0.4, 0.5) is 0 Å². The van der Waals surface area contributed by atoms with Crippen molar-refractivity contribution in [3.05, 3.63) is 0 Å². The number of aliphatic hydroxyl groups excluding tert-OH is 1. The molecule has 82 valence electrons. The van der Waals surface area contributed by atoms with E-state index in [1.165, 1.54) is 19.3 Å². The molecule has 1 unspecified atom stereocenters. The highest BCUT2D eigenvalue weighted by atomic mass is 16.5. The molecule has 0 radical (unpaired) electrons. The average molecular weight is 199 g/mol. The summed E-state index contributed by atoms with van der Waals surface area (Å²) in [5.41, 5.74) is 0.0442. The van der Waals surface area contributed by atoms with Gasteiger partial charge in [0.2, 0.25) is 0 Å². The van der Waals surface area contributed by atoms with Crippen LogP contribution in [0.15, 0.2) is 0 Å². The van der Waals surface area contributed by atoms with Gasteiger partial charge in [0.05, 0.1) is 13.2 Å². The lowest BCUT2D eigenvalue weighted by Crippen LogP contribution is -2.48. The first-order valence-electron chi connectivity index (χ1n) is 5.78. The van der Waals surface area contributed by atoms with Crippen molar-refractivity contribution in [3.8, 4) is 0 Å². The number of nitrogens with one attached hydrogen (secondary N) is 1. The summed E-state index contributed by atoms with van der Waals surface area (Å²) in [4.78, 5) is 0. The predicted molar refractivity (Wildman–Crippen MR) is 55.2 cm³/mol. The highest BCUT2D eigenvalue weighted by molar-refractivity contribution is 4.92. The lowest BCUT2D eigenvalue weighted by atomic mass is 9.97. The molecule has 3 nitrogen and oxygen atoms in total. The molecule has 1 aliphatic carbocycles. The van der Waals surface area contributed by atoms with Crippen molar-refractivity contribution in [3.63, 3.8) is 0 Å². The molecule has 0 aromatic carbocycles. The molecule has 0 bridgehead atoms. The Morgan fingerprint density at radius 2 is 2.14 bits per heavy atom. The molecule has 1 saturated carbocycles. The van der Waals surface area contributed by atoms with E-state index in [0.717, 1.165) is 32.6 Å². The second-order valence-corrected chi connectivity index (χ2v) is 4.76. The van der Waals surface area contributed by atoms with E-state index >= 15 is 0 Å². The summed E-state index contributed by atoms with van der Waals surface area (Å²) in [6.45, 7) is 3.12. The maximum Gasteiger partial charge on any atom is 0.0613 e. The van der Waals surface area contributed by atoms with Crippen LogP contribution in [0.5, 0.6) is 0 Å². The van der Waals surface area contributed by atoms with Crippen LogP contribution in [0.25, 0.3) is 0 Å². The van der Waals surface area contributed by atoms with Gasteiger partial charge in [0.1, 0.15) is 0 Å². The van der Waals surface area contributed by atoms with Crippen molar-refractivity contribution in [1.82, 2.24) is 5.32 Å². The standard InChI is InChI=1S/C11H21NO2/c13-9-11(4-1-2-5-11)12-7-10-3-6-14-8-10/h10,12-13H,1-9H2. The Bertz CT molecular complexity index is 172. The van der Waals surface area contributed by atoms with Gasteiger partial charge in [0.15, 0.2) is 0 Å². The molecule has 1 heterocycles. The molecule has 1 atom stereocenters. The van der Waals surface area contributed by atoms with Crippen LogP contribution in [0.3, 0.4) is 0 Å². The highest BCUT2D eigenvalue weighted by Gasteiger charge is 2.33. The molecule has 2 fully saturated rings. The summed E-state index contributed by atoms with van der Waals surface area (Å²) in [5, 5.41) is 13.0. The summed E-state index contributed by atoms with van der Waals surface area (Å²) in [5.74, 6) is 0.666. The molecular formula is C11H21NO2. The lowest BCUT2D eigenvalue weighted by Gasteiger charge is -2.29. The maximum atomic E-state index is 9.40. The van der Waals surface area contributed by atoms with Crippen molar-refractivity contribution in [2.24, 2.45) is 5.92 Å². The van der Waals surface area contributed by atoms with Gasteiger partial charge in [-0.25, -0.2) is 0 Å². The molecule has 2 N–H and O–H groups in total. The van der Waals surface area contributed by atoms with E-state index in [9.17, 15) is 5.11 Å². The molecule has 0 aromatic heterocycles. The van der Waals surface area contributed by atoms with E-state index < -0.39 is 0 Å². The van der Waals surface area contributed by atoms with Gasteiger partial charge >= 0.3 is 0 Å². The second kappa shape index (κ2) is 4.60. The molecule has 0 spiro atoms. The van der Waals surface area contributed by atoms with Gasteiger partial charge in [-0.05, 0) is 25.2 Å². The Kier molecular flexibility index (Phi) is 3.42. The Labute approximate surface area is 85.8 Å². The highest BCUT2D eigenvalue weighted by Crippen LogP contribution is 2.29. The fourth-order valence-corrected chi connectivity index (χ4v) is 2.55. The van der Waals surface area contributed by atoms with Crippen LogP contribution in [-0.2, 0) is 4.74 Å². The summed E-state index contributed by atoms with van der Waals surface area (Å²) in [6.07, 6.45) is 5.96. The van der Waals surface area contributed by atoms with Crippen LogP contribution >= 0.6 is 0 Å². The van der Waals surface area contributed by atoms with Gasteiger partial charge in [-0.2, -0.15) is 0 Å². The zero-order valence-corrected chi connectivity index (χ0v) is 8.80. The molecule has 3 heteroatoms. The summed E-state index contributed by atoms with van der Waals surface area (Å²) < 4.78 is 5.34. The van der Waals surface area contributed by atoms with Crippen LogP contribution in [0.2, 0.25) is 0 Å². The summed E-state index contributed by atoms with van der Waals surface area (Å²) in [6, 6.07) is 0. The molecule has 2 rings (SSSR count). The van der Waals surface area contributed by atoms with E-state index in [2.05, 4.69) is 5.32 Å². The number of aliphatic hydroxyl groups is 1. The minimum absolute atomic E-state index is 0.0442. The Balaban J connectivity index is 1.76. The first-order chi connectivity index (χ1) is 6.85. The normalized spacial score (nSPS) is 31.1. The average Bonchev–Trinajstić information content (AvgIpc) is 2.87. The number of hydrogen-bond donors (Lipinski definition) is 2. The van der Waals surface area contributed by atoms with E-state index in [4.69, 9.17) is 4.74 Å². The van der Waals surface area contributed by atoms with Gasteiger partial charge in [-0.15, -0.1) is 0 Å². The van der Waals surface area contributed by atoms with Crippen molar-refractivity contribution >= 4 is 0 Å². The zero-order valence-electron chi connectivity index (χ0n) is 8.80. The van der Waals surface area contributed by atoms with Crippen LogP contribution < -0.4 is 5.32 Å². The van der Waals surface area contributed by atoms with Crippen LogP contribution in [0.1, 0.15) is 32.1 Å². The van der Waals surface area contributed by atoms with Gasteiger partial charge < -0.3 is 15.2 Å². The third-order valence-electron chi connectivity index (χ3n) is 3.65. The fourth-order valence-electron chi connectivity index (χ4n) is 2.55. The summed E-state index contributed by atoms with van der Waals surface area (Å²) >= 11 is 0. The third kappa shape index (κ3) is 2.27.